The van der Waals surface area contributed by atoms with Crippen LogP contribution < -0.4 is 24.4 Å². The standard InChI is InChI=1S/C46H50ClN7O8S/c1-46(2)13-9-32(38(25-46)29-3-5-33(47)6-4-29)27-52-15-17-53(18-16-52)34-7-8-37(41(22-34)62-35-21-31-10-14-48-44(31)49-26-35)45(55)51-63(58,59)36-23-40(54(56)57)43-42(24-36)61-28-39(50-43)30-11-19-60-20-12-30/h3-8,10,14,21-24,26,30,39,50H,9,11-13,15-20,25,27-28H2,1-2H3,(H,48,49)(H,51,55)/t39-/m0/s1. The minimum absolute atomic E-state index is 0.0165. The largest absolute Gasteiger partial charge is 0.489 e. The molecule has 1 aliphatic carbocycles. The highest BCUT2D eigenvalue weighted by Gasteiger charge is 2.36. The van der Waals surface area contributed by atoms with Crippen LogP contribution >= 0.6 is 11.6 Å². The van der Waals surface area contributed by atoms with E-state index in [4.69, 9.17) is 25.8 Å². The SMILES string of the molecule is CC1(C)CCC(CN2CCN(c3ccc(C(=O)NS(=O)(=O)c4cc5c(c([N+](=O)[O-])c4)N[C@H](C4CCOCC4)CO5)c(Oc4cnc5[nH]ccc5c4)c3)CC2)=C(c2ccc(Cl)cc2)C1. The van der Waals surface area contributed by atoms with Gasteiger partial charge in [0.15, 0.2) is 11.4 Å². The molecular weight excluding hydrogens is 846 g/mol. The summed E-state index contributed by atoms with van der Waals surface area (Å²) in [7, 11) is -4.65. The number of rotatable bonds is 11. The van der Waals surface area contributed by atoms with E-state index < -0.39 is 31.4 Å². The quantitative estimate of drug-likeness (QED) is 0.0852. The zero-order chi connectivity index (χ0) is 43.9. The van der Waals surface area contributed by atoms with Crippen molar-refractivity contribution in [1.82, 2.24) is 19.6 Å². The number of nitro benzene ring substituents is 1. The molecule has 5 heterocycles. The van der Waals surface area contributed by atoms with Crippen molar-refractivity contribution in [2.45, 2.75) is 56.9 Å². The summed E-state index contributed by atoms with van der Waals surface area (Å²) >= 11 is 6.25. The topological polar surface area (TPSA) is 181 Å². The van der Waals surface area contributed by atoms with Gasteiger partial charge in [0.2, 0.25) is 0 Å². The fourth-order valence-corrected chi connectivity index (χ4v) is 10.3. The summed E-state index contributed by atoms with van der Waals surface area (Å²) in [4.78, 5) is 37.4. The number of carbonyl (C=O) groups is 1. The van der Waals surface area contributed by atoms with Gasteiger partial charge in [-0.2, -0.15) is 0 Å². The molecule has 15 nitrogen and oxygen atoms in total. The Morgan fingerprint density at radius 3 is 2.59 bits per heavy atom. The number of pyridine rings is 1. The van der Waals surface area contributed by atoms with E-state index in [-0.39, 0.29) is 46.7 Å². The van der Waals surface area contributed by atoms with Gasteiger partial charge in [-0.05, 0) is 91.0 Å². The zero-order valence-corrected chi connectivity index (χ0v) is 36.8. The Labute approximate surface area is 371 Å². The highest BCUT2D eigenvalue weighted by atomic mass is 35.5. The third-order valence-corrected chi connectivity index (χ3v) is 14.3. The van der Waals surface area contributed by atoms with E-state index in [1.165, 1.54) is 35.0 Å². The predicted octanol–water partition coefficient (Wildman–Crippen LogP) is 8.42. The number of aromatic amines is 1. The molecule has 1 amide bonds. The lowest BCUT2D eigenvalue weighted by atomic mass is 9.72. The number of carbonyl (C=O) groups excluding carboxylic acids is 1. The van der Waals surface area contributed by atoms with Crippen LogP contribution in [0.3, 0.4) is 0 Å². The van der Waals surface area contributed by atoms with Gasteiger partial charge in [-0.1, -0.05) is 43.2 Å². The highest BCUT2D eigenvalue weighted by molar-refractivity contribution is 7.90. The fraction of sp³-hybridized carbons (Fsp3) is 0.391. The van der Waals surface area contributed by atoms with Crippen molar-refractivity contribution in [3.05, 3.63) is 111 Å². The lowest BCUT2D eigenvalue weighted by molar-refractivity contribution is -0.384. The van der Waals surface area contributed by atoms with E-state index in [1.807, 2.05) is 18.2 Å². The van der Waals surface area contributed by atoms with Crippen molar-refractivity contribution in [3.63, 3.8) is 0 Å². The number of sulfonamides is 1. The normalized spacial score (nSPS) is 19.5. The number of ether oxygens (including phenoxy) is 3. The van der Waals surface area contributed by atoms with Gasteiger partial charge in [0.25, 0.3) is 21.6 Å². The summed E-state index contributed by atoms with van der Waals surface area (Å²) in [5.74, 6) is -0.325. The minimum Gasteiger partial charge on any atom is -0.489 e. The van der Waals surface area contributed by atoms with Crippen LogP contribution in [-0.4, -0.2) is 92.7 Å². The molecule has 3 aromatic carbocycles. The van der Waals surface area contributed by atoms with Crippen molar-refractivity contribution in [2.24, 2.45) is 11.3 Å². The summed E-state index contributed by atoms with van der Waals surface area (Å²) < 4.78 is 47.6. The highest BCUT2D eigenvalue weighted by Crippen LogP contribution is 2.44. The second kappa shape index (κ2) is 17.5. The van der Waals surface area contributed by atoms with Gasteiger partial charge >= 0.3 is 0 Å². The number of hydrogen-bond acceptors (Lipinski definition) is 12. The van der Waals surface area contributed by atoms with Gasteiger partial charge in [-0.15, -0.1) is 0 Å². The van der Waals surface area contributed by atoms with Gasteiger partial charge in [-0.25, -0.2) is 18.1 Å². The van der Waals surface area contributed by atoms with Crippen LogP contribution in [0.4, 0.5) is 17.1 Å². The van der Waals surface area contributed by atoms with Crippen LogP contribution in [0.15, 0.2) is 89.6 Å². The molecule has 9 rings (SSSR count). The van der Waals surface area contributed by atoms with Crippen LogP contribution in [0.2, 0.25) is 5.02 Å². The number of anilines is 2. The van der Waals surface area contributed by atoms with Crippen LogP contribution in [0, 0.1) is 21.4 Å². The molecule has 0 spiro atoms. The number of benzene rings is 3. The van der Waals surface area contributed by atoms with E-state index >= 15 is 0 Å². The Bertz CT molecular complexity index is 2690. The third kappa shape index (κ3) is 9.35. The molecule has 17 heteroatoms. The second-order valence-electron chi connectivity index (χ2n) is 17.6. The molecule has 2 aromatic heterocycles. The summed E-state index contributed by atoms with van der Waals surface area (Å²) in [6.45, 7) is 9.98. The molecule has 0 unspecified atom stereocenters. The molecule has 2 saturated heterocycles. The van der Waals surface area contributed by atoms with E-state index in [9.17, 15) is 23.3 Å². The number of hydrogen-bond donors (Lipinski definition) is 3. The van der Waals surface area contributed by atoms with Gasteiger partial charge in [-0.3, -0.25) is 19.8 Å². The number of halogens is 1. The Hall–Kier alpha value is -5.68. The number of piperazine rings is 1. The average molecular weight is 896 g/mol. The van der Waals surface area contributed by atoms with Crippen LogP contribution in [-0.2, 0) is 14.8 Å². The molecule has 3 aliphatic heterocycles. The van der Waals surface area contributed by atoms with Crippen molar-refractivity contribution < 1.29 is 32.3 Å². The van der Waals surface area contributed by atoms with Crippen LogP contribution in [0.1, 0.15) is 61.9 Å². The maximum atomic E-state index is 14.0. The first-order valence-corrected chi connectivity index (χ1v) is 23.2. The van der Waals surface area contributed by atoms with Gasteiger partial charge in [0, 0.05) is 86.4 Å². The average Bonchev–Trinajstić information content (AvgIpc) is 3.75. The zero-order valence-electron chi connectivity index (χ0n) is 35.2. The van der Waals surface area contributed by atoms with Crippen LogP contribution in [0.25, 0.3) is 16.6 Å². The van der Waals surface area contributed by atoms with E-state index in [0.717, 1.165) is 87.0 Å². The summed E-state index contributed by atoms with van der Waals surface area (Å²) in [5, 5.41) is 17.0. The van der Waals surface area contributed by atoms with Gasteiger partial charge in [0.1, 0.15) is 23.8 Å². The number of nitrogens with zero attached hydrogens (tertiary/aromatic N) is 4. The third-order valence-electron chi connectivity index (χ3n) is 12.7. The van der Waals surface area contributed by atoms with Crippen molar-refractivity contribution >= 4 is 61.2 Å². The van der Waals surface area contributed by atoms with Crippen molar-refractivity contribution in [3.8, 4) is 17.2 Å². The fourth-order valence-electron chi connectivity index (χ4n) is 9.13. The molecule has 4 aliphatic rings. The molecule has 0 radical (unpaired) electrons. The molecule has 3 N–H and O–H groups in total. The van der Waals surface area contributed by atoms with Crippen LogP contribution in [0.5, 0.6) is 17.2 Å². The van der Waals surface area contributed by atoms with Gasteiger partial charge < -0.3 is 29.4 Å². The molecular formula is C46H50ClN7O8S. The van der Waals surface area contributed by atoms with Crippen molar-refractivity contribution in [2.75, 3.05) is 62.8 Å². The number of aromatic nitrogens is 2. The monoisotopic (exact) mass is 895 g/mol. The summed E-state index contributed by atoms with van der Waals surface area (Å²) in [6.07, 6.45) is 8.01. The Morgan fingerprint density at radius 1 is 1.05 bits per heavy atom. The van der Waals surface area contributed by atoms with E-state index in [0.29, 0.717) is 24.6 Å². The second-order valence-corrected chi connectivity index (χ2v) is 19.7. The molecule has 2 fully saturated rings. The lowest BCUT2D eigenvalue weighted by Gasteiger charge is -2.39. The molecule has 5 aromatic rings. The number of allylic oxidation sites excluding steroid dienone is 1. The Kier molecular flexibility index (Phi) is 11.8. The first-order chi connectivity index (χ1) is 30.3. The number of fused-ring (bicyclic) bond motifs is 2. The first-order valence-electron chi connectivity index (χ1n) is 21.3. The number of H-pyrrole nitrogens is 1. The van der Waals surface area contributed by atoms with Crippen molar-refractivity contribution in [1.29, 1.82) is 0 Å². The molecule has 1 atom stereocenters. The molecule has 0 saturated carbocycles. The molecule has 330 valence electrons. The smallest absolute Gasteiger partial charge is 0.297 e. The first kappa shape index (κ1) is 42.6. The number of amides is 1. The summed E-state index contributed by atoms with van der Waals surface area (Å²) in [5.41, 5.74) is 5.35. The minimum atomic E-state index is -4.65. The predicted molar refractivity (Wildman–Crippen MR) is 241 cm³/mol. The Morgan fingerprint density at radius 2 is 1.83 bits per heavy atom. The maximum Gasteiger partial charge on any atom is 0.297 e. The molecule has 0 bridgehead atoms. The summed E-state index contributed by atoms with van der Waals surface area (Å²) in [6, 6.07) is 18.8. The number of nitro groups is 1. The Balaban J connectivity index is 0.947. The maximum absolute atomic E-state index is 14.0. The molecule has 63 heavy (non-hydrogen) atoms. The number of nitrogens with one attached hydrogen (secondary N) is 3. The van der Waals surface area contributed by atoms with Gasteiger partial charge in [0.05, 0.1) is 27.6 Å². The lowest BCUT2D eigenvalue weighted by Crippen LogP contribution is -2.47. The van der Waals surface area contributed by atoms with E-state index in [1.54, 1.807) is 24.4 Å². The van der Waals surface area contributed by atoms with E-state index in [2.05, 4.69) is 55.8 Å².